The highest BCUT2D eigenvalue weighted by molar-refractivity contribution is 6.91. The van der Waals surface area contributed by atoms with Gasteiger partial charge < -0.3 is 9.80 Å². The maximum Gasteiger partial charge on any atom is 0.147 e. The molecule has 0 atom stereocenters. The van der Waals surface area contributed by atoms with Gasteiger partial charge in [0.1, 0.15) is 11.6 Å². The van der Waals surface area contributed by atoms with E-state index in [-0.39, 0.29) is 11.6 Å². The Balaban J connectivity index is 1.18. The molecule has 0 bridgehead atoms. The summed E-state index contributed by atoms with van der Waals surface area (Å²) in [6.45, 7) is 28.7. The van der Waals surface area contributed by atoms with Crippen molar-refractivity contribution in [1.82, 2.24) is 0 Å². The van der Waals surface area contributed by atoms with Crippen molar-refractivity contribution in [3.63, 3.8) is 0 Å². The van der Waals surface area contributed by atoms with Crippen LogP contribution in [0.15, 0.2) is 231 Å². The minimum Gasteiger partial charge on any atom is -0.307 e. The fourth-order valence-corrected chi connectivity index (χ4v) is 19.6. The van der Waals surface area contributed by atoms with Crippen LogP contribution < -0.4 is 30.5 Å². The predicted molar refractivity (Wildman–Crippen MR) is 373 cm³/mol. The van der Waals surface area contributed by atoms with E-state index in [2.05, 4.69) is 282 Å². The van der Waals surface area contributed by atoms with Crippen LogP contribution >= 0.6 is 0 Å². The molecule has 0 amide bonds. The molecule has 0 aliphatic carbocycles. The van der Waals surface area contributed by atoms with E-state index >= 15 is 8.78 Å². The smallest absolute Gasteiger partial charge is 0.147 e. The maximum atomic E-state index is 18.3. The number of hydrogen-bond acceptors (Lipinski definition) is 2. The van der Waals surface area contributed by atoms with Crippen LogP contribution in [0.25, 0.3) is 76.8 Å². The second-order valence-corrected chi connectivity index (χ2v) is 46.9. The van der Waals surface area contributed by atoms with Crippen LogP contribution in [0.4, 0.5) is 42.9 Å². The Kier molecular flexibility index (Phi) is 14.5. The molecule has 0 spiro atoms. The van der Waals surface area contributed by atoms with Gasteiger partial charge in [-0.05, 0) is 103 Å². The lowest BCUT2D eigenvalue weighted by molar-refractivity contribution is 0.629. The van der Waals surface area contributed by atoms with E-state index in [1.54, 1.807) is 12.1 Å². The quantitative estimate of drug-likeness (QED) is 0.0791. The Morgan fingerprint density at radius 1 is 0.262 bits per heavy atom. The van der Waals surface area contributed by atoms with Crippen LogP contribution in [0.3, 0.4) is 0 Å². The van der Waals surface area contributed by atoms with E-state index in [0.717, 1.165) is 99.6 Å². The molecule has 0 saturated carbocycles. The summed E-state index contributed by atoms with van der Waals surface area (Å²) < 4.78 is 36.6. The molecule has 12 aromatic carbocycles. The molecule has 0 saturated heterocycles. The summed E-state index contributed by atoms with van der Waals surface area (Å²) in [6.07, 6.45) is 0. The summed E-state index contributed by atoms with van der Waals surface area (Å²) in [4.78, 5) is 4.38. The average molecular weight is 1170 g/mol. The number of rotatable bonds is 14. The highest BCUT2D eigenvalue weighted by Gasteiger charge is 2.34. The summed E-state index contributed by atoms with van der Waals surface area (Å²) in [6, 6.07) is 80.9. The Labute approximate surface area is 500 Å². The molecule has 0 N–H and O–H groups in total. The second kappa shape index (κ2) is 21.6. The molecule has 0 fully saturated rings. The third-order valence-corrected chi connectivity index (χ3v) is 25.1. The van der Waals surface area contributed by atoms with E-state index in [9.17, 15) is 0 Å². The number of halogens is 2. The molecular weight excluding hydrogens is 1090 g/mol. The summed E-state index contributed by atoms with van der Waals surface area (Å²) >= 11 is 0. The van der Waals surface area contributed by atoms with Crippen LogP contribution in [-0.2, 0) is 0 Å². The molecule has 2 nitrogen and oxygen atoms in total. The van der Waals surface area contributed by atoms with Crippen molar-refractivity contribution >= 4 is 119 Å². The summed E-state index contributed by atoms with van der Waals surface area (Å²) in [7, 11) is -7.96. The lowest BCUT2D eigenvalue weighted by Crippen LogP contribution is -2.40. The van der Waals surface area contributed by atoms with Crippen molar-refractivity contribution in [3.8, 4) is 44.5 Å². The minimum absolute atomic E-state index is 0.303. The molecule has 0 radical (unpaired) electrons. The van der Waals surface area contributed by atoms with Crippen molar-refractivity contribution in [1.29, 1.82) is 0 Å². The van der Waals surface area contributed by atoms with Gasteiger partial charge in [0.05, 0.1) is 55.0 Å². The minimum atomic E-state index is -2.05. The van der Waals surface area contributed by atoms with E-state index in [1.807, 2.05) is 24.3 Å². The van der Waals surface area contributed by atoms with Gasteiger partial charge in [0, 0.05) is 33.3 Å². The third-order valence-electron chi connectivity index (χ3n) is 16.9. The van der Waals surface area contributed by atoms with Gasteiger partial charge in [0.25, 0.3) is 0 Å². The highest BCUT2D eigenvalue weighted by atomic mass is 28.3. The molecular formula is C76H74F2N2Si4. The van der Waals surface area contributed by atoms with Crippen molar-refractivity contribution in [3.05, 3.63) is 242 Å². The second-order valence-electron chi connectivity index (χ2n) is 26.8. The Hall–Kier alpha value is -7.99. The topological polar surface area (TPSA) is 6.48 Å². The van der Waals surface area contributed by atoms with E-state index in [1.165, 1.54) is 20.7 Å². The largest absolute Gasteiger partial charge is 0.307 e. The van der Waals surface area contributed by atoms with Gasteiger partial charge in [-0.1, -0.05) is 281 Å². The highest BCUT2D eigenvalue weighted by Crippen LogP contribution is 2.53. The Bertz CT molecular complexity index is 4170. The molecule has 0 heterocycles. The zero-order valence-electron chi connectivity index (χ0n) is 50.6. The van der Waals surface area contributed by atoms with Gasteiger partial charge in [-0.25, -0.2) is 8.78 Å². The summed E-state index contributed by atoms with van der Waals surface area (Å²) in [5.74, 6) is -0.605. The fourth-order valence-electron chi connectivity index (χ4n) is 13.1. The standard InChI is InChI=1S/C76H74F2N2Si4/c1-81(2,3)67-35-23-19-31-55(67)57-45-47-63(77)75(73(57)61-33-21-25-37-69(61)83(7,8)9)79(53-27-15-13-16-28-53)65-49-41-51-40-44-60-66(50-42-52-39-43-59(65)71(51)72(52)60)80(54-29-17-14-18-30-54)76-64(78)48-46-58(56-32-20-24-36-68(56)82(4,5)6)74(76)62-34-22-26-38-70(62)84(10,11)12/h13-50H,1-12H3. The van der Waals surface area contributed by atoms with Crippen LogP contribution in [0.1, 0.15) is 0 Å². The van der Waals surface area contributed by atoms with E-state index in [4.69, 9.17) is 0 Å². The first-order valence-corrected chi connectivity index (χ1v) is 43.6. The lowest BCUT2D eigenvalue weighted by Gasteiger charge is -2.34. The lowest BCUT2D eigenvalue weighted by atomic mass is 9.89. The number of nitrogens with zero attached hydrogens (tertiary/aromatic N) is 2. The molecule has 418 valence electrons. The molecule has 12 aromatic rings. The molecule has 8 heteroatoms. The molecule has 0 aliphatic heterocycles. The zero-order chi connectivity index (χ0) is 59.0. The first-order chi connectivity index (χ1) is 40.1. The summed E-state index contributed by atoms with van der Waals surface area (Å²) in [5.41, 5.74) is 12.7. The number of para-hydroxylation sites is 2. The monoisotopic (exact) mass is 1160 g/mol. The predicted octanol–water partition coefficient (Wildman–Crippen LogP) is 20.7. The van der Waals surface area contributed by atoms with Gasteiger partial charge in [-0.15, -0.1) is 0 Å². The van der Waals surface area contributed by atoms with Crippen LogP contribution in [-0.4, -0.2) is 32.3 Å². The third kappa shape index (κ3) is 10.1. The van der Waals surface area contributed by atoms with Crippen molar-refractivity contribution in [2.45, 2.75) is 78.6 Å². The van der Waals surface area contributed by atoms with Gasteiger partial charge in [-0.3, -0.25) is 0 Å². The summed E-state index contributed by atoms with van der Waals surface area (Å²) in [5, 5.41) is 11.4. The average Bonchev–Trinajstić information content (AvgIpc) is 1.04. The van der Waals surface area contributed by atoms with Gasteiger partial charge in [-0.2, -0.15) is 0 Å². The molecule has 12 rings (SSSR count). The van der Waals surface area contributed by atoms with Crippen LogP contribution in [0.5, 0.6) is 0 Å². The van der Waals surface area contributed by atoms with Gasteiger partial charge in [0.2, 0.25) is 0 Å². The van der Waals surface area contributed by atoms with Gasteiger partial charge in [0.15, 0.2) is 0 Å². The zero-order valence-corrected chi connectivity index (χ0v) is 54.6. The first-order valence-electron chi connectivity index (χ1n) is 29.6. The van der Waals surface area contributed by atoms with Crippen LogP contribution in [0.2, 0.25) is 78.6 Å². The van der Waals surface area contributed by atoms with E-state index < -0.39 is 32.3 Å². The van der Waals surface area contributed by atoms with Crippen molar-refractivity contribution in [2.75, 3.05) is 9.80 Å². The number of benzene rings is 12. The van der Waals surface area contributed by atoms with Crippen LogP contribution in [0, 0.1) is 11.6 Å². The first kappa shape index (κ1) is 56.5. The molecule has 84 heavy (non-hydrogen) atoms. The molecule has 0 aromatic heterocycles. The maximum absolute atomic E-state index is 18.3. The van der Waals surface area contributed by atoms with Crippen molar-refractivity contribution < 1.29 is 8.78 Å². The fraction of sp³-hybridized carbons (Fsp3) is 0.158. The van der Waals surface area contributed by atoms with Gasteiger partial charge >= 0.3 is 0 Å². The number of hydrogen-bond donors (Lipinski definition) is 0. The van der Waals surface area contributed by atoms with E-state index in [0.29, 0.717) is 11.4 Å². The Morgan fingerprint density at radius 3 is 0.881 bits per heavy atom. The Morgan fingerprint density at radius 2 is 0.548 bits per heavy atom. The van der Waals surface area contributed by atoms with Crippen molar-refractivity contribution in [2.24, 2.45) is 0 Å². The molecule has 0 unspecified atom stereocenters. The number of anilines is 6. The molecule has 0 aliphatic rings. The SMILES string of the molecule is C[Si](C)(C)c1ccccc1-c1ccc(F)c(N(c2ccccc2)c2ccc3ccc4c(N(c5ccccc5)c5c(F)ccc(-c6ccccc6[Si](C)(C)C)c5-c5ccccc5[Si](C)(C)C)ccc5ccc2c3c54)c1-c1ccccc1[Si](C)(C)C. The normalized spacial score (nSPS) is 12.4.